The maximum Gasteiger partial charge on any atom is 0.224 e. The quantitative estimate of drug-likeness (QED) is 0.907. The Balaban J connectivity index is 2.47. The number of carbonyl (C=O) groups is 1. The number of amides is 1. The lowest BCUT2D eigenvalue weighted by Crippen LogP contribution is -2.35. The molecule has 0 aliphatic carbocycles. The Morgan fingerprint density at radius 1 is 1.59 bits per heavy atom. The van der Waals surface area contributed by atoms with Crippen LogP contribution in [0.5, 0.6) is 0 Å². The molecule has 1 heterocycles. The summed E-state index contributed by atoms with van der Waals surface area (Å²) in [6.07, 6.45) is 0.416. The van der Waals surface area contributed by atoms with Crippen LogP contribution >= 0.6 is 27.3 Å². The zero-order valence-corrected chi connectivity index (χ0v) is 12.8. The fourth-order valence-corrected chi connectivity index (χ4v) is 2.58. The lowest BCUT2D eigenvalue weighted by Gasteiger charge is -2.21. The minimum absolute atomic E-state index is 0.0563. The summed E-state index contributed by atoms with van der Waals surface area (Å²) in [5.74, 6) is 0.441. The third-order valence-electron chi connectivity index (χ3n) is 2.73. The van der Waals surface area contributed by atoms with Gasteiger partial charge in [-0.1, -0.05) is 13.8 Å². The predicted molar refractivity (Wildman–Crippen MR) is 75.9 cm³/mol. The largest absolute Gasteiger partial charge is 0.341 e. The molecular weight excluding hydrogens is 300 g/mol. The molecule has 0 bridgehead atoms. The van der Waals surface area contributed by atoms with Crippen LogP contribution in [-0.2, 0) is 11.3 Å². The molecule has 0 aliphatic rings. The second kappa shape index (κ2) is 6.52. The van der Waals surface area contributed by atoms with Gasteiger partial charge >= 0.3 is 0 Å². The molecule has 0 aromatic carbocycles. The van der Waals surface area contributed by atoms with Gasteiger partial charge in [0.2, 0.25) is 5.91 Å². The fraction of sp³-hybridized carbons (Fsp3) is 0.583. The van der Waals surface area contributed by atoms with E-state index in [1.54, 1.807) is 16.2 Å². The number of hydrogen-bond acceptors (Lipinski definition) is 3. The van der Waals surface area contributed by atoms with Crippen LogP contribution in [0, 0.1) is 5.92 Å². The molecule has 0 aliphatic heterocycles. The van der Waals surface area contributed by atoms with E-state index in [9.17, 15) is 4.79 Å². The van der Waals surface area contributed by atoms with Gasteiger partial charge in [0.05, 0.1) is 3.79 Å². The van der Waals surface area contributed by atoms with Gasteiger partial charge < -0.3 is 10.6 Å². The smallest absolute Gasteiger partial charge is 0.224 e. The number of hydrogen-bond donors (Lipinski definition) is 1. The van der Waals surface area contributed by atoms with Crippen LogP contribution in [0.4, 0.5) is 0 Å². The molecule has 1 aromatic rings. The van der Waals surface area contributed by atoms with Gasteiger partial charge in [0, 0.05) is 26.1 Å². The number of nitrogens with two attached hydrogens (primary N) is 1. The molecule has 1 rings (SSSR count). The SMILES string of the molecule is CC(C)C(N)CC(=O)N(C)Cc1csc(Br)c1. The third-order valence-corrected chi connectivity index (χ3v) is 4.29. The first-order valence-corrected chi connectivity index (χ1v) is 7.30. The summed E-state index contributed by atoms with van der Waals surface area (Å²) >= 11 is 5.04. The van der Waals surface area contributed by atoms with Crippen molar-refractivity contribution in [3.8, 4) is 0 Å². The summed E-state index contributed by atoms with van der Waals surface area (Å²) in [6.45, 7) is 4.72. The van der Waals surface area contributed by atoms with Crippen molar-refractivity contribution in [1.82, 2.24) is 4.90 Å². The Morgan fingerprint density at radius 3 is 2.71 bits per heavy atom. The standard InChI is InChI=1S/C12H19BrN2OS/c1-8(2)10(14)5-12(16)15(3)6-9-4-11(13)17-7-9/h4,7-8,10H,5-6,14H2,1-3H3. The highest BCUT2D eigenvalue weighted by atomic mass is 79.9. The molecule has 0 fully saturated rings. The van der Waals surface area contributed by atoms with E-state index < -0.39 is 0 Å². The minimum Gasteiger partial charge on any atom is -0.341 e. The Hall–Kier alpha value is -0.390. The monoisotopic (exact) mass is 318 g/mol. The first kappa shape index (κ1) is 14.7. The molecule has 3 nitrogen and oxygen atoms in total. The van der Waals surface area contributed by atoms with Crippen molar-refractivity contribution in [3.05, 3.63) is 20.8 Å². The van der Waals surface area contributed by atoms with Crippen LogP contribution in [0.2, 0.25) is 0 Å². The topological polar surface area (TPSA) is 46.3 Å². The summed E-state index contributed by atoms with van der Waals surface area (Å²) in [4.78, 5) is 13.6. The van der Waals surface area contributed by atoms with Crippen LogP contribution < -0.4 is 5.73 Å². The molecular formula is C12H19BrN2OS. The minimum atomic E-state index is -0.0563. The van der Waals surface area contributed by atoms with Gasteiger partial charge in [-0.2, -0.15) is 0 Å². The molecule has 0 saturated heterocycles. The Morgan fingerprint density at radius 2 is 2.24 bits per heavy atom. The highest BCUT2D eigenvalue weighted by molar-refractivity contribution is 9.11. The van der Waals surface area contributed by atoms with Crippen LogP contribution in [0.3, 0.4) is 0 Å². The summed E-state index contributed by atoms with van der Waals surface area (Å²) in [6, 6.07) is 1.98. The van der Waals surface area contributed by atoms with Crippen molar-refractivity contribution in [2.45, 2.75) is 32.9 Å². The van der Waals surface area contributed by atoms with E-state index >= 15 is 0 Å². The average Bonchev–Trinajstić information content (AvgIpc) is 2.63. The molecule has 1 amide bonds. The predicted octanol–water partition coefficient (Wildman–Crippen LogP) is 2.84. The number of rotatable bonds is 5. The van der Waals surface area contributed by atoms with Gasteiger partial charge in [-0.25, -0.2) is 0 Å². The lowest BCUT2D eigenvalue weighted by molar-refractivity contribution is -0.131. The van der Waals surface area contributed by atoms with Crippen LogP contribution in [0.25, 0.3) is 0 Å². The van der Waals surface area contributed by atoms with Crippen molar-refractivity contribution >= 4 is 33.2 Å². The Labute approximate surface area is 115 Å². The number of carbonyl (C=O) groups excluding carboxylic acids is 1. The van der Waals surface area contributed by atoms with Crippen molar-refractivity contribution in [1.29, 1.82) is 0 Å². The molecule has 1 unspecified atom stereocenters. The fourth-order valence-electron chi connectivity index (χ4n) is 1.38. The van der Waals surface area contributed by atoms with Gasteiger partial charge in [0.15, 0.2) is 0 Å². The average molecular weight is 319 g/mol. The summed E-state index contributed by atoms with van der Waals surface area (Å²) in [7, 11) is 1.82. The normalized spacial score (nSPS) is 12.8. The van der Waals surface area contributed by atoms with Gasteiger partial charge in [0.1, 0.15) is 0 Å². The van der Waals surface area contributed by atoms with Gasteiger partial charge in [-0.3, -0.25) is 4.79 Å². The van der Waals surface area contributed by atoms with Crippen molar-refractivity contribution < 1.29 is 4.79 Å². The van der Waals surface area contributed by atoms with E-state index in [1.165, 1.54) is 0 Å². The highest BCUT2D eigenvalue weighted by Gasteiger charge is 2.16. The molecule has 96 valence electrons. The van der Waals surface area contributed by atoms with Crippen LogP contribution in [0.15, 0.2) is 15.2 Å². The lowest BCUT2D eigenvalue weighted by atomic mass is 10.0. The van der Waals surface area contributed by atoms with Gasteiger partial charge in [0.25, 0.3) is 0 Å². The van der Waals surface area contributed by atoms with E-state index in [0.717, 1.165) is 9.35 Å². The number of halogens is 1. The Kier molecular flexibility index (Phi) is 5.62. The van der Waals surface area contributed by atoms with Crippen molar-refractivity contribution in [3.63, 3.8) is 0 Å². The highest BCUT2D eigenvalue weighted by Crippen LogP contribution is 2.21. The van der Waals surface area contributed by atoms with E-state index in [2.05, 4.69) is 21.3 Å². The second-order valence-corrected chi connectivity index (χ2v) is 6.91. The third kappa shape index (κ3) is 4.77. The number of thiophene rings is 1. The molecule has 2 N–H and O–H groups in total. The zero-order chi connectivity index (χ0) is 13.0. The molecule has 0 saturated carbocycles. The van der Waals surface area contributed by atoms with E-state index in [1.807, 2.05) is 27.0 Å². The van der Waals surface area contributed by atoms with E-state index in [0.29, 0.717) is 18.9 Å². The van der Waals surface area contributed by atoms with Crippen LogP contribution in [-0.4, -0.2) is 23.9 Å². The maximum atomic E-state index is 11.9. The Bertz CT molecular complexity index is 378. The second-order valence-electron chi connectivity index (χ2n) is 4.62. The van der Waals surface area contributed by atoms with Gasteiger partial charge in [-0.15, -0.1) is 11.3 Å². The first-order valence-electron chi connectivity index (χ1n) is 5.62. The molecule has 5 heteroatoms. The molecule has 1 atom stereocenters. The summed E-state index contributed by atoms with van der Waals surface area (Å²) in [5.41, 5.74) is 7.05. The molecule has 0 spiro atoms. The first-order chi connectivity index (χ1) is 7.90. The van der Waals surface area contributed by atoms with Crippen molar-refractivity contribution in [2.75, 3.05) is 7.05 Å². The zero-order valence-electron chi connectivity index (χ0n) is 10.4. The van der Waals surface area contributed by atoms with E-state index in [-0.39, 0.29) is 11.9 Å². The summed E-state index contributed by atoms with van der Waals surface area (Å²) in [5, 5.41) is 2.05. The molecule has 1 aromatic heterocycles. The maximum absolute atomic E-state index is 11.9. The van der Waals surface area contributed by atoms with Gasteiger partial charge in [-0.05, 0) is 38.9 Å². The summed E-state index contributed by atoms with van der Waals surface area (Å²) < 4.78 is 1.09. The molecule has 17 heavy (non-hydrogen) atoms. The molecule has 0 radical (unpaired) electrons. The van der Waals surface area contributed by atoms with E-state index in [4.69, 9.17) is 5.73 Å². The van der Waals surface area contributed by atoms with Crippen LogP contribution in [0.1, 0.15) is 25.8 Å². The van der Waals surface area contributed by atoms with Crippen molar-refractivity contribution in [2.24, 2.45) is 11.7 Å². The number of nitrogens with zero attached hydrogens (tertiary/aromatic N) is 1.